The van der Waals surface area contributed by atoms with Crippen molar-refractivity contribution >= 4 is 35.0 Å². The highest BCUT2D eigenvalue weighted by atomic mass is 32.1. The molecule has 1 aliphatic heterocycles. The van der Waals surface area contributed by atoms with Gasteiger partial charge in [-0.2, -0.15) is 0 Å². The third-order valence-corrected chi connectivity index (χ3v) is 5.86. The van der Waals surface area contributed by atoms with Crippen LogP contribution in [0.4, 0.5) is 11.6 Å². The van der Waals surface area contributed by atoms with Gasteiger partial charge in [0.05, 0.1) is 16.4 Å². The Morgan fingerprint density at radius 2 is 2.13 bits per heavy atom. The lowest BCUT2D eigenvalue weighted by Crippen LogP contribution is -2.26. The maximum Gasteiger partial charge on any atom is 0.246 e. The summed E-state index contributed by atoms with van der Waals surface area (Å²) in [7, 11) is 0. The normalized spacial score (nSPS) is 16.4. The molecule has 3 aromatic rings. The molecule has 0 saturated carbocycles. The first-order valence-electron chi connectivity index (χ1n) is 9.91. The van der Waals surface area contributed by atoms with Gasteiger partial charge >= 0.3 is 0 Å². The van der Waals surface area contributed by atoms with Crippen molar-refractivity contribution in [2.75, 3.05) is 18.4 Å². The Labute approximate surface area is 179 Å². The molecule has 30 heavy (non-hydrogen) atoms. The van der Waals surface area contributed by atoms with Gasteiger partial charge in [-0.1, -0.05) is 6.07 Å². The highest BCUT2D eigenvalue weighted by Gasteiger charge is 2.27. The molecule has 4 heterocycles. The number of rotatable bonds is 5. The third-order valence-electron chi connectivity index (χ3n) is 5.07. The van der Waals surface area contributed by atoms with Gasteiger partial charge in [0, 0.05) is 42.7 Å². The second kappa shape index (κ2) is 8.71. The second-order valence-electron chi connectivity index (χ2n) is 7.41. The van der Waals surface area contributed by atoms with E-state index >= 15 is 0 Å². The lowest BCUT2D eigenvalue weighted by Gasteiger charge is -2.15. The fraction of sp³-hybridized carbons (Fsp3) is 0.318. The first-order chi connectivity index (χ1) is 14.5. The van der Waals surface area contributed by atoms with Crippen LogP contribution in [0, 0.1) is 20.8 Å². The van der Waals surface area contributed by atoms with Crippen molar-refractivity contribution in [2.24, 2.45) is 0 Å². The molecule has 0 radical (unpaired) electrons. The molecule has 154 valence electrons. The van der Waals surface area contributed by atoms with Gasteiger partial charge in [0.2, 0.25) is 5.91 Å². The summed E-state index contributed by atoms with van der Waals surface area (Å²) in [5.41, 5.74) is 2.83. The Balaban J connectivity index is 1.44. The number of nitrogens with zero attached hydrogens (tertiary/aromatic N) is 5. The number of nitrogens with one attached hydrogen (secondary N) is 1. The van der Waals surface area contributed by atoms with E-state index in [-0.39, 0.29) is 11.8 Å². The fourth-order valence-corrected chi connectivity index (χ4v) is 4.10. The molecule has 7 nitrogen and oxygen atoms in total. The Kier molecular flexibility index (Phi) is 5.85. The summed E-state index contributed by atoms with van der Waals surface area (Å²) in [6.45, 7) is 7.21. The van der Waals surface area contributed by atoms with Gasteiger partial charge in [-0.3, -0.25) is 4.79 Å². The van der Waals surface area contributed by atoms with Gasteiger partial charge in [0.15, 0.2) is 0 Å². The molecule has 1 N–H and O–H groups in total. The van der Waals surface area contributed by atoms with Crippen molar-refractivity contribution in [2.45, 2.75) is 33.1 Å². The van der Waals surface area contributed by atoms with Crippen LogP contribution in [0.1, 0.15) is 40.1 Å². The number of aryl methyl sites for hydroxylation is 3. The summed E-state index contributed by atoms with van der Waals surface area (Å²) in [6, 6.07) is 5.88. The summed E-state index contributed by atoms with van der Waals surface area (Å²) >= 11 is 1.58. The number of likely N-dealkylation sites (tertiary alicyclic amines) is 1. The van der Waals surface area contributed by atoms with E-state index in [2.05, 4.69) is 25.3 Å². The SMILES string of the molecule is Cc1nc(Nc2ncccc2C)cc([C@@H]2CCN(C(=O)/C=C/c3csc(C)n3)C2)n1. The summed E-state index contributed by atoms with van der Waals surface area (Å²) < 4.78 is 0. The van der Waals surface area contributed by atoms with Crippen LogP contribution in [0.15, 0.2) is 35.9 Å². The summed E-state index contributed by atoms with van der Waals surface area (Å²) in [4.78, 5) is 32.3. The van der Waals surface area contributed by atoms with E-state index in [0.29, 0.717) is 12.4 Å². The van der Waals surface area contributed by atoms with Crippen LogP contribution in [-0.4, -0.2) is 43.8 Å². The van der Waals surface area contributed by atoms with Crippen LogP contribution in [-0.2, 0) is 4.79 Å². The first kappa shape index (κ1) is 20.2. The molecule has 0 aromatic carbocycles. The average Bonchev–Trinajstić information content (AvgIpc) is 3.37. The maximum atomic E-state index is 12.6. The Bertz CT molecular complexity index is 1090. The zero-order valence-corrected chi connectivity index (χ0v) is 18.1. The van der Waals surface area contributed by atoms with Gasteiger partial charge in [0.25, 0.3) is 0 Å². The van der Waals surface area contributed by atoms with E-state index in [1.54, 1.807) is 29.7 Å². The smallest absolute Gasteiger partial charge is 0.246 e. The lowest BCUT2D eigenvalue weighted by molar-refractivity contribution is -0.124. The minimum Gasteiger partial charge on any atom is -0.338 e. The molecule has 0 aliphatic carbocycles. The molecule has 1 amide bonds. The molecule has 4 rings (SSSR count). The number of anilines is 2. The zero-order valence-electron chi connectivity index (χ0n) is 17.3. The maximum absolute atomic E-state index is 12.6. The van der Waals surface area contributed by atoms with Crippen LogP contribution in [0.2, 0.25) is 0 Å². The van der Waals surface area contributed by atoms with Gasteiger partial charge < -0.3 is 10.2 Å². The number of carbonyl (C=O) groups is 1. The van der Waals surface area contributed by atoms with Crippen molar-refractivity contribution in [1.82, 2.24) is 24.8 Å². The first-order valence-corrected chi connectivity index (χ1v) is 10.8. The van der Waals surface area contributed by atoms with Crippen LogP contribution < -0.4 is 5.32 Å². The highest BCUT2D eigenvalue weighted by Crippen LogP contribution is 2.28. The minimum atomic E-state index is 0.0105. The second-order valence-corrected chi connectivity index (χ2v) is 8.48. The Hall–Kier alpha value is -3.13. The van der Waals surface area contributed by atoms with Gasteiger partial charge in [-0.25, -0.2) is 19.9 Å². The Morgan fingerprint density at radius 1 is 1.27 bits per heavy atom. The number of hydrogen-bond donors (Lipinski definition) is 1. The van der Waals surface area contributed by atoms with Crippen LogP contribution in [0.5, 0.6) is 0 Å². The molecule has 0 unspecified atom stereocenters. The van der Waals surface area contributed by atoms with Crippen LogP contribution >= 0.6 is 11.3 Å². The van der Waals surface area contributed by atoms with Gasteiger partial charge in [-0.15, -0.1) is 11.3 Å². The molecule has 8 heteroatoms. The van der Waals surface area contributed by atoms with Crippen LogP contribution in [0.3, 0.4) is 0 Å². The predicted molar refractivity (Wildman–Crippen MR) is 119 cm³/mol. The molecule has 1 saturated heterocycles. The number of amides is 1. The van der Waals surface area contributed by atoms with E-state index < -0.39 is 0 Å². The lowest BCUT2D eigenvalue weighted by atomic mass is 10.0. The molecule has 1 atom stereocenters. The monoisotopic (exact) mass is 420 g/mol. The van der Waals surface area contributed by atoms with Crippen molar-refractivity contribution in [3.63, 3.8) is 0 Å². The van der Waals surface area contributed by atoms with Crippen molar-refractivity contribution < 1.29 is 4.79 Å². The van der Waals surface area contributed by atoms with E-state index in [1.165, 1.54) is 0 Å². The molecular formula is C22H24N6OS. The number of thiazole rings is 1. The molecule has 1 aliphatic rings. The minimum absolute atomic E-state index is 0.0105. The third kappa shape index (κ3) is 4.71. The highest BCUT2D eigenvalue weighted by molar-refractivity contribution is 7.09. The van der Waals surface area contributed by atoms with E-state index in [0.717, 1.165) is 46.6 Å². The molecule has 3 aromatic heterocycles. The fourth-order valence-electron chi connectivity index (χ4n) is 3.52. The van der Waals surface area contributed by atoms with Crippen molar-refractivity contribution in [3.05, 3.63) is 63.6 Å². The van der Waals surface area contributed by atoms with Crippen molar-refractivity contribution in [3.8, 4) is 0 Å². The summed E-state index contributed by atoms with van der Waals surface area (Å²) in [6.07, 6.45) is 6.03. The molecule has 1 fully saturated rings. The quantitative estimate of drug-likeness (QED) is 0.628. The standard InChI is InChI=1S/C22H24N6OS/c1-14-5-4-9-23-22(14)27-20-11-19(24-15(2)25-20)17-8-10-28(12-17)21(29)7-6-18-13-30-16(3)26-18/h4-7,9,11,13,17H,8,10,12H2,1-3H3,(H,23,24,25,27)/b7-6+/t17-/m1/s1. The van der Waals surface area contributed by atoms with E-state index in [4.69, 9.17) is 0 Å². The molecular weight excluding hydrogens is 396 g/mol. The molecule has 0 spiro atoms. The summed E-state index contributed by atoms with van der Waals surface area (Å²) in [5, 5.41) is 6.24. The largest absolute Gasteiger partial charge is 0.338 e. The average molecular weight is 421 g/mol. The van der Waals surface area contributed by atoms with Gasteiger partial charge in [-0.05, 0) is 44.9 Å². The van der Waals surface area contributed by atoms with E-state index in [9.17, 15) is 4.79 Å². The number of carbonyl (C=O) groups excluding carboxylic acids is 1. The molecule has 0 bridgehead atoms. The van der Waals surface area contributed by atoms with Crippen molar-refractivity contribution in [1.29, 1.82) is 0 Å². The number of aromatic nitrogens is 4. The van der Waals surface area contributed by atoms with Crippen LogP contribution in [0.25, 0.3) is 6.08 Å². The number of hydrogen-bond acceptors (Lipinski definition) is 7. The zero-order chi connectivity index (χ0) is 21.1. The Morgan fingerprint density at radius 3 is 2.90 bits per heavy atom. The summed E-state index contributed by atoms with van der Waals surface area (Å²) in [5.74, 6) is 2.41. The topological polar surface area (TPSA) is 83.9 Å². The van der Waals surface area contributed by atoms with E-state index in [1.807, 2.05) is 49.3 Å². The van der Waals surface area contributed by atoms with Gasteiger partial charge in [0.1, 0.15) is 17.5 Å². The predicted octanol–water partition coefficient (Wildman–Crippen LogP) is 4.03. The number of pyridine rings is 1.